The topological polar surface area (TPSA) is 116 Å². The van der Waals surface area contributed by atoms with Crippen LogP contribution in [-0.2, 0) is 26.9 Å². The van der Waals surface area contributed by atoms with Gasteiger partial charge in [-0.1, -0.05) is 0 Å². The number of phosphoric ester groups is 1. The fraction of sp³-hybridized carbons (Fsp3) is 0. The summed E-state index contributed by atoms with van der Waals surface area (Å²) in [6, 6.07) is 4.12. The van der Waals surface area contributed by atoms with Crippen LogP contribution in [0.1, 0.15) is 0 Å². The van der Waals surface area contributed by atoms with Gasteiger partial charge in [0.2, 0.25) is 0 Å². The molecule has 0 fully saturated rings. The van der Waals surface area contributed by atoms with Gasteiger partial charge in [0.05, 0.1) is 4.92 Å². The van der Waals surface area contributed by atoms with Crippen LogP contribution in [0.3, 0.4) is 0 Å². The van der Waals surface area contributed by atoms with Crippen LogP contribution in [0.15, 0.2) is 24.3 Å². The predicted octanol–water partition coefficient (Wildman–Crippen LogP) is -0.200. The molecule has 0 spiro atoms. The summed E-state index contributed by atoms with van der Waals surface area (Å²) in [5, 5.41) is 10.2. The van der Waals surface area contributed by atoms with E-state index in [-0.39, 0.29) is 33.8 Å². The van der Waals surface area contributed by atoms with E-state index in [4.69, 9.17) is 0 Å². The molecule has 0 aliphatic heterocycles. The Morgan fingerprint density at radius 2 is 1.67 bits per heavy atom. The minimum Gasteiger partial charge on any atom is -0.780 e. The van der Waals surface area contributed by atoms with Crippen LogP contribution in [-0.4, -0.2) is 4.92 Å². The molecule has 1 radical (unpaired) electrons. The molecule has 0 N–H and O–H groups in total. The molecule has 0 aliphatic rings. The van der Waals surface area contributed by atoms with Crippen molar-refractivity contribution in [3.63, 3.8) is 0 Å². The second-order valence-electron chi connectivity index (χ2n) is 2.29. The van der Waals surface area contributed by atoms with E-state index in [1.807, 2.05) is 0 Å². The number of benzene rings is 1. The summed E-state index contributed by atoms with van der Waals surface area (Å²) < 4.78 is 14.1. The second kappa shape index (κ2) is 5.41. The monoisotopic (exact) mass is 324 g/mol. The second-order valence-corrected chi connectivity index (χ2v) is 3.37. The smallest absolute Gasteiger partial charge is 0.269 e. The van der Waals surface area contributed by atoms with E-state index in [0.717, 1.165) is 24.3 Å². The number of hydrogen-bond donors (Lipinski definition) is 0. The first-order valence-corrected chi connectivity index (χ1v) is 4.81. The molecular formula is C6H4AgNO6P-2. The van der Waals surface area contributed by atoms with Gasteiger partial charge >= 0.3 is 0 Å². The molecule has 1 aromatic rings. The maximum Gasteiger partial charge on any atom is 0.269 e. The van der Waals surface area contributed by atoms with Crippen LogP contribution in [0.25, 0.3) is 0 Å². The maximum atomic E-state index is 10.2. The first-order chi connectivity index (χ1) is 6.38. The van der Waals surface area contributed by atoms with Crippen molar-refractivity contribution < 1.29 is 46.2 Å². The number of phosphoric acid groups is 1. The predicted molar refractivity (Wildman–Crippen MR) is 41.3 cm³/mol. The summed E-state index contributed by atoms with van der Waals surface area (Å²) in [6.07, 6.45) is 0. The van der Waals surface area contributed by atoms with Crippen LogP contribution in [0.2, 0.25) is 0 Å². The molecule has 0 amide bonds. The van der Waals surface area contributed by atoms with Crippen LogP contribution in [0.5, 0.6) is 5.75 Å². The summed E-state index contributed by atoms with van der Waals surface area (Å²) in [5.41, 5.74) is -0.219. The summed E-state index contributed by atoms with van der Waals surface area (Å²) in [5.74, 6) is -0.246. The van der Waals surface area contributed by atoms with Crippen LogP contribution in [0, 0.1) is 10.1 Å². The van der Waals surface area contributed by atoms with Gasteiger partial charge in [0.1, 0.15) is 13.6 Å². The average Bonchev–Trinajstić information content (AvgIpc) is 2.02. The number of non-ortho nitro benzene ring substituents is 1. The van der Waals surface area contributed by atoms with Gasteiger partial charge < -0.3 is 18.9 Å². The van der Waals surface area contributed by atoms with Crippen molar-refractivity contribution in [1.82, 2.24) is 0 Å². The number of nitrogens with zero attached hydrogens (tertiary/aromatic N) is 1. The molecule has 0 aliphatic carbocycles. The molecule has 7 nitrogen and oxygen atoms in total. The van der Waals surface area contributed by atoms with Gasteiger partial charge in [-0.15, -0.1) is 0 Å². The van der Waals surface area contributed by atoms with Crippen molar-refractivity contribution in [2.45, 2.75) is 0 Å². The Morgan fingerprint density at radius 1 is 1.20 bits per heavy atom. The molecule has 0 saturated carbocycles. The molecule has 0 bridgehead atoms. The number of nitro groups is 1. The first kappa shape index (κ1) is 14.3. The average molecular weight is 325 g/mol. The standard InChI is InChI=1S/C6H6NO6P.Ag/c8-7(9)5-1-3-6(4-2-5)13-14(10,11)12;/h1-4H,(H2,10,11,12);/p-2. The molecule has 1 aromatic carbocycles. The Balaban J connectivity index is 0.00000196. The van der Waals surface area contributed by atoms with E-state index >= 15 is 0 Å². The third kappa shape index (κ3) is 5.08. The minimum atomic E-state index is -5.10. The molecule has 15 heavy (non-hydrogen) atoms. The number of nitro benzene ring substituents is 1. The van der Waals surface area contributed by atoms with Gasteiger partial charge in [0, 0.05) is 34.5 Å². The Kier molecular flexibility index (Phi) is 5.16. The van der Waals surface area contributed by atoms with Crippen molar-refractivity contribution in [2.24, 2.45) is 0 Å². The largest absolute Gasteiger partial charge is 0.780 e. The minimum absolute atomic E-state index is 0. The molecular weight excluding hydrogens is 321 g/mol. The molecule has 0 saturated heterocycles. The van der Waals surface area contributed by atoms with Gasteiger partial charge in [-0.2, -0.15) is 0 Å². The Morgan fingerprint density at radius 3 is 2.00 bits per heavy atom. The molecule has 0 unspecified atom stereocenters. The quantitative estimate of drug-likeness (QED) is 0.329. The van der Waals surface area contributed by atoms with Gasteiger partial charge in [0.15, 0.2) is 0 Å². The summed E-state index contributed by atoms with van der Waals surface area (Å²) >= 11 is 0. The number of hydrogen-bond acceptors (Lipinski definition) is 6. The molecule has 0 aromatic heterocycles. The summed E-state index contributed by atoms with van der Waals surface area (Å²) in [7, 11) is -5.10. The Hall–Kier alpha value is -0.690. The third-order valence-electron chi connectivity index (χ3n) is 1.26. The van der Waals surface area contributed by atoms with Gasteiger partial charge in [0.25, 0.3) is 5.69 Å². The fourth-order valence-corrected chi connectivity index (χ4v) is 1.14. The van der Waals surface area contributed by atoms with Crippen molar-refractivity contribution in [3.05, 3.63) is 34.4 Å². The third-order valence-corrected chi connectivity index (χ3v) is 1.70. The van der Waals surface area contributed by atoms with Crippen LogP contribution >= 0.6 is 7.82 Å². The Bertz CT molecular complexity index is 387. The summed E-state index contributed by atoms with van der Waals surface area (Å²) in [6.45, 7) is 0. The van der Waals surface area contributed by atoms with Crippen LogP contribution in [0.4, 0.5) is 5.69 Å². The van der Waals surface area contributed by atoms with Crippen molar-refractivity contribution >= 4 is 13.5 Å². The zero-order chi connectivity index (χ0) is 10.8. The number of rotatable bonds is 3. The van der Waals surface area contributed by atoms with Gasteiger partial charge in [-0.25, -0.2) is 0 Å². The van der Waals surface area contributed by atoms with E-state index in [1.54, 1.807) is 0 Å². The normalized spacial score (nSPS) is 10.3. The van der Waals surface area contributed by atoms with E-state index in [1.165, 1.54) is 0 Å². The fourth-order valence-electron chi connectivity index (χ4n) is 0.758. The molecule has 9 heteroatoms. The SMILES string of the molecule is O=[N+]([O-])c1ccc(OP(=O)([O-])[O-])cc1.[Ag]. The van der Waals surface area contributed by atoms with E-state index in [0.29, 0.717) is 0 Å². The van der Waals surface area contributed by atoms with E-state index < -0.39 is 12.7 Å². The van der Waals surface area contributed by atoms with Crippen LogP contribution < -0.4 is 14.3 Å². The van der Waals surface area contributed by atoms with Crippen molar-refractivity contribution in [1.29, 1.82) is 0 Å². The Labute approximate surface area is 100.0 Å². The zero-order valence-electron chi connectivity index (χ0n) is 6.95. The van der Waals surface area contributed by atoms with Gasteiger partial charge in [-0.05, 0) is 12.1 Å². The van der Waals surface area contributed by atoms with Gasteiger partial charge in [-0.3, -0.25) is 10.1 Å². The first-order valence-electron chi connectivity index (χ1n) is 3.34. The molecule has 0 atom stereocenters. The van der Waals surface area contributed by atoms with Crippen molar-refractivity contribution in [2.75, 3.05) is 0 Å². The molecule has 1 rings (SSSR count). The maximum absolute atomic E-state index is 10.2. The molecule has 0 heterocycles. The van der Waals surface area contributed by atoms with E-state index in [2.05, 4.69) is 4.52 Å². The summed E-state index contributed by atoms with van der Waals surface area (Å²) in [4.78, 5) is 29.8. The van der Waals surface area contributed by atoms with Crippen molar-refractivity contribution in [3.8, 4) is 5.75 Å². The van der Waals surface area contributed by atoms with E-state index in [9.17, 15) is 24.5 Å². The zero-order valence-corrected chi connectivity index (χ0v) is 9.33. The molecule has 87 valence electrons.